The van der Waals surface area contributed by atoms with Gasteiger partial charge in [-0.15, -0.1) is 0 Å². The number of benzene rings is 1. The summed E-state index contributed by atoms with van der Waals surface area (Å²) >= 11 is 0. The van der Waals surface area contributed by atoms with E-state index in [0.717, 1.165) is 32.7 Å². The molecule has 1 N–H and O–H groups in total. The van der Waals surface area contributed by atoms with E-state index in [4.69, 9.17) is 0 Å². The van der Waals surface area contributed by atoms with Crippen LogP contribution in [0.4, 0.5) is 5.69 Å². The van der Waals surface area contributed by atoms with Crippen LogP contribution in [0.2, 0.25) is 0 Å². The third-order valence-electron chi connectivity index (χ3n) is 4.42. The highest BCUT2D eigenvalue weighted by atomic mass is 16.2. The number of hydrogen-bond donors (Lipinski definition) is 1. The number of piperazine rings is 1. The molecule has 0 saturated carbocycles. The second kappa shape index (κ2) is 7.14. The maximum absolute atomic E-state index is 12.5. The number of carbonyl (C=O) groups is 1. The van der Waals surface area contributed by atoms with Gasteiger partial charge in [0.15, 0.2) is 0 Å². The minimum Gasteiger partial charge on any atom is -0.369 e. The summed E-state index contributed by atoms with van der Waals surface area (Å²) in [5.41, 5.74) is 0.821. The third-order valence-corrected chi connectivity index (χ3v) is 4.42. The van der Waals surface area contributed by atoms with E-state index in [1.54, 1.807) is 0 Å². The number of anilines is 1. The van der Waals surface area contributed by atoms with E-state index in [-0.39, 0.29) is 5.91 Å². The fourth-order valence-corrected chi connectivity index (χ4v) is 2.82. The van der Waals surface area contributed by atoms with Gasteiger partial charge in [-0.2, -0.15) is 0 Å². The molecule has 2 rings (SSSR count). The molecule has 1 amide bonds. The Balaban J connectivity index is 1.91. The van der Waals surface area contributed by atoms with Crippen LogP contribution in [-0.2, 0) is 4.79 Å². The van der Waals surface area contributed by atoms with E-state index in [2.05, 4.69) is 53.2 Å². The molecule has 0 atom stereocenters. The van der Waals surface area contributed by atoms with Crippen LogP contribution in [0.5, 0.6) is 0 Å². The Kier molecular flexibility index (Phi) is 5.46. The van der Waals surface area contributed by atoms with Crippen LogP contribution in [0.25, 0.3) is 0 Å². The molecule has 1 aromatic rings. The highest BCUT2D eigenvalue weighted by Gasteiger charge is 2.36. The van der Waals surface area contributed by atoms with Crippen molar-refractivity contribution in [2.24, 2.45) is 5.92 Å². The Morgan fingerprint density at radius 2 is 1.73 bits per heavy atom. The summed E-state index contributed by atoms with van der Waals surface area (Å²) in [7, 11) is 0. The van der Waals surface area contributed by atoms with Crippen LogP contribution < -0.4 is 10.2 Å². The molecule has 122 valence electrons. The summed E-state index contributed by atoms with van der Waals surface area (Å²) in [6, 6.07) is 10.5. The molecule has 1 saturated heterocycles. The van der Waals surface area contributed by atoms with E-state index in [0.29, 0.717) is 5.92 Å². The number of rotatable bonds is 5. The SMILES string of the molecule is CC(C)CNC(=O)C(C)(C)N1CCN(c2ccccc2)CC1. The number of amides is 1. The van der Waals surface area contributed by atoms with E-state index in [9.17, 15) is 4.79 Å². The van der Waals surface area contributed by atoms with Crippen LogP contribution in [0.3, 0.4) is 0 Å². The first-order valence-corrected chi connectivity index (χ1v) is 8.24. The van der Waals surface area contributed by atoms with Gasteiger partial charge in [-0.25, -0.2) is 0 Å². The number of nitrogens with one attached hydrogen (secondary N) is 1. The lowest BCUT2D eigenvalue weighted by Gasteiger charge is -2.43. The summed E-state index contributed by atoms with van der Waals surface area (Å²) in [4.78, 5) is 17.1. The molecule has 22 heavy (non-hydrogen) atoms. The van der Waals surface area contributed by atoms with Crippen molar-refractivity contribution in [1.29, 1.82) is 0 Å². The third kappa shape index (κ3) is 4.01. The van der Waals surface area contributed by atoms with Crippen LogP contribution in [0.15, 0.2) is 30.3 Å². The van der Waals surface area contributed by atoms with Crippen molar-refractivity contribution in [1.82, 2.24) is 10.2 Å². The maximum atomic E-state index is 12.5. The van der Waals surface area contributed by atoms with Crippen molar-refractivity contribution in [3.8, 4) is 0 Å². The van der Waals surface area contributed by atoms with E-state index in [1.807, 2.05) is 19.9 Å². The first-order valence-electron chi connectivity index (χ1n) is 8.24. The van der Waals surface area contributed by atoms with Crippen LogP contribution in [0, 0.1) is 5.92 Å². The Morgan fingerprint density at radius 3 is 2.27 bits per heavy atom. The van der Waals surface area contributed by atoms with Gasteiger partial charge in [-0.1, -0.05) is 32.0 Å². The molecule has 1 aliphatic heterocycles. The lowest BCUT2D eigenvalue weighted by atomic mass is 9.99. The van der Waals surface area contributed by atoms with Crippen molar-refractivity contribution >= 4 is 11.6 Å². The number of nitrogens with zero attached hydrogens (tertiary/aromatic N) is 2. The van der Waals surface area contributed by atoms with Crippen molar-refractivity contribution in [2.45, 2.75) is 33.2 Å². The summed E-state index contributed by atoms with van der Waals surface area (Å²) < 4.78 is 0. The standard InChI is InChI=1S/C18H29N3O/c1-15(2)14-19-17(22)18(3,4)21-12-10-20(11-13-21)16-8-6-5-7-9-16/h5-9,15H,10-14H2,1-4H3,(H,19,22). The molecule has 4 nitrogen and oxygen atoms in total. The van der Waals surface area contributed by atoms with Gasteiger partial charge in [-0.3, -0.25) is 9.69 Å². The van der Waals surface area contributed by atoms with Gasteiger partial charge >= 0.3 is 0 Å². The molecule has 1 aliphatic rings. The summed E-state index contributed by atoms with van der Waals surface area (Å²) in [5, 5.41) is 3.07. The van der Waals surface area contributed by atoms with Gasteiger partial charge < -0.3 is 10.2 Å². The van der Waals surface area contributed by atoms with Crippen molar-refractivity contribution in [3.63, 3.8) is 0 Å². The normalized spacial score (nSPS) is 16.9. The molecule has 0 radical (unpaired) electrons. The van der Waals surface area contributed by atoms with Gasteiger partial charge in [0, 0.05) is 38.4 Å². The van der Waals surface area contributed by atoms with E-state index < -0.39 is 5.54 Å². The molecule has 0 aliphatic carbocycles. The molecule has 0 unspecified atom stereocenters. The second-order valence-corrected chi connectivity index (χ2v) is 6.97. The molecule has 0 bridgehead atoms. The summed E-state index contributed by atoms with van der Waals surface area (Å²) in [6.45, 7) is 12.8. The largest absolute Gasteiger partial charge is 0.369 e. The molecule has 4 heteroatoms. The molecule has 1 fully saturated rings. The predicted octanol–water partition coefficient (Wildman–Crippen LogP) is 2.36. The average molecular weight is 303 g/mol. The Morgan fingerprint density at radius 1 is 1.14 bits per heavy atom. The average Bonchev–Trinajstić information content (AvgIpc) is 2.53. The minimum absolute atomic E-state index is 0.134. The zero-order valence-corrected chi connectivity index (χ0v) is 14.3. The van der Waals surface area contributed by atoms with Gasteiger partial charge in [-0.05, 0) is 31.9 Å². The maximum Gasteiger partial charge on any atom is 0.239 e. The van der Waals surface area contributed by atoms with Crippen LogP contribution in [-0.4, -0.2) is 49.1 Å². The lowest BCUT2D eigenvalue weighted by Crippen LogP contribution is -2.60. The number of para-hydroxylation sites is 1. The number of hydrogen-bond acceptors (Lipinski definition) is 3. The molecule has 0 spiro atoms. The van der Waals surface area contributed by atoms with Crippen molar-refractivity contribution < 1.29 is 4.79 Å². The van der Waals surface area contributed by atoms with Crippen molar-refractivity contribution in [3.05, 3.63) is 30.3 Å². The topological polar surface area (TPSA) is 35.6 Å². The first kappa shape index (κ1) is 16.8. The zero-order valence-electron chi connectivity index (χ0n) is 14.3. The van der Waals surface area contributed by atoms with Gasteiger partial charge in [0.25, 0.3) is 0 Å². The minimum atomic E-state index is -0.447. The van der Waals surface area contributed by atoms with Gasteiger partial charge in [0.2, 0.25) is 5.91 Å². The molecular weight excluding hydrogens is 274 g/mol. The molecular formula is C18H29N3O. The Bertz CT molecular complexity index is 476. The quantitative estimate of drug-likeness (QED) is 0.907. The Labute approximate surface area is 134 Å². The zero-order chi connectivity index (χ0) is 16.2. The van der Waals surface area contributed by atoms with Crippen LogP contribution >= 0.6 is 0 Å². The van der Waals surface area contributed by atoms with Gasteiger partial charge in [0.05, 0.1) is 5.54 Å². The molecule has 1 aromatic carbocycles. The van der Waals surface area contributed by atoms with E-state index in [1.165, 1.54) is 5.69 Å². The molecule has 0 aromatic heterocycles. The lowest BCUT2D eigenvalue weighted by molar-refractivity contribution is -0.132. The fraction of sp³-hybridized carbons (Fsp3) is 0.611. The predicted molar refractivity (Wildman–Crippen MR) is 92.2 cm³/mol. The first-order chi connectivity index (χ1) is 10.4. The van der Waals surface area contributed by atoms with Crippen LogP contribution in [0.1, 0.15) is 27.7 Å². The smallest absolute Gasteiger partial charge is 0.239 e. The second-order valence-electron chi connectivity index (χ2n) is 6.97. The summed E-state index contributed by atoms with van der Waals surface area (Å²) in [6.07, 6.45) is 0. The Hall–Kier alpha value is -1.55. The van der Waals surface area contributed by atoms with Gasteiger partial charge in [0.1, 0.15) is 0 Å². The summed E-state index contributed by atoms with van der Waals surface area (Å²) in [5.74, 6) is 0.615. The fourth-order valence-electron chi connectivity index (χ4n) is 2.82. The highest BCUT2D eigenvalue weighted by molar-refractivity contribution is 5.85. The van der Waals surface area contributed by atoms with E-state index >= 15 is 0 Å². The number of carbonyl (C=O) groups excluding carboxylic acids is 1. The molecule has 1 heterocycles. The monoisotopic (exact) mass is 303 g/mol. The highest BCUT2D eigenvalue weighted by Crippen LogP contribution is 2.21. The van der Waals surface area contributed by atoms with Crippen molar-refractivity contribution in [2.75, 3.05) is 37.6 Å².